The van der Waals surface area contributed by atoms with E-state index in [0.29, 0.717) is 5.56 Å². The lowest BCUT2D eigenvalue weighted by atomic mass is 10.0. The lowest BCUT2D eigenvalue weighted by Gasteiger charge is -2.09. The van der Waals surface area contributed by atoms with Crippen LogP contribution >= 0.6 is 0 Å². The standard InChI is InChI=1S/C14H11FN2O/c15-10-5-3-9(4-6-10)13(18)12-8-17-14-11(12)2-1-7-16-14/h1-8,13,18H,(H,16,17). The average molecular weight is 242 g/mol. The fourth-order valence-electron chi connectivity index (χ4n) is 2.03. The summed E-state index contributed by atoms with van der Waals surface area (Å²) in [6.45, 7) is 0. The van der Waals surface area contributed by atoms with E-state index in [4.69, 9.17) is 0 Å². The van der Waals surface area contributed by atoms with Gasteiger partial charge in [-0.3, -0.25) is 0 Å². The minimum absolute atomic E-state index is 0.313. The molecule has 0 spiro atoms. The molecule has 4 heteroatoms. The monoisotopic (exact) mass is 242 g/mol. The van der Waals surface area contributed by atoms with E-state index < -0.39 is 6.10 Å². The SMILES string of the molecule is OC(c1ccc(F)cc1)c1c[nH]c2ncccc12. The second-order valence-electron chi connectivity index (χ2n) is 4.10. The van der Waals surface area contributed by atoms with Crippen molar-refractivity contribution >= 4 is 11.0 Å². The molecular formula is C14H11FN2O. The molecule has 0 bridgehead atoms. The largest absolute Gasteiger partial charge is 0.384 e. The first kappa shape index (κ1) is 10.9. The van der Waals surface area contributed by atoms with Crippen molar-refractivity contribution in [2.24, 2.45) is 0 Å². The van der Waals surface area contributed by atoms with Crippen LogP contribution in [0.1, 0.15) is 17.2 Å². The van der Waals surface area contributed by atoms with Gasteiger partial charge in [0.05, 0.1) is 0 Å². The predicted octanol–water partition coefficient (Wildman–Crippen LogP) is 2.78. The topological polar surface area (TPSA) is 48.9 Å². The summed E-state index contributed by atoms with van der Waals surface area (Å²) in [5.41, 5.74) is 2.12. The number of hydrogen-bond acceptors (Lipinski definition) is 2. The molecule has 0 aliphatic heterocycles. The van der Waals surface area contributed by atoms with E-state index in [0.717, 1.165) is 16.6 Å². The van der Waals surface area contributed by atoms with Crippen molar-refractivity contribution in [1.82, 2.24) is 9.97 Å². The zero-order chi connectivity index (χ0) is 12.5. The van der Waals surface area contributed by atoms with E-state index in [-0.39, 0.29) is 5.82 Å². The van der Waals surface area contributed by atoms with Crippen molar-refractivity contribution in [2.45, 2.75) is 6.10 Å². The number of halogens is 1. The number of H-pyrrole nitrogens is 1. The molecule has 3 aromatic rings. The zero-order valence-electron chi connectivity index (χ0n) is 9.47. The first-order chi connectivity index (χ1) is 8.75. The van der Waals surface area contributed by atoms with Gasteiger partial charge in [-0.05, 0) is 29.8 Å². The summed E-state index contributed by atoms with van der Waals surface area (Å²) in [4.78, 5) is 7.17. The summed E-state index contributed by atoms with van der Waals surface area (Å²) in [6, 6.07) is 9.54. The summed E-state index contributed by atoms with van der Waals surface area (Å²) in [5.74, 6) is -0.313. The first-order valence-electron chi connectivity index (χ1n) is 5.61. The summed E-state index contributed by atoms with van der Waals surface area (Å²) < 4.78 is 12.8. The predicted molar refractivity (Wildman–Crippen MR) is 66.6 cm³/mol. The van der Waals surface area contributed by atoms with Crippen LogP contribution in [0.3, 0.4) is 0 Å². The highest BCUT2D eigenvalue weighted by Crippen LogP contribution is 2.27. The third kappa shape index (κ3) is 1.76. The van der Waals surface area contributed by atoms with Gasteiger partial charge in [0, 0.05) is 23.3 Å². The molecule has 3 rings (SSSR count). The fraction of sp³-hybridized carbons (Fsp3) is 0.0714. The number of aliphatic hydroxyl groups excluding tert-OH is 1. The molecule has 3 nitrogen and oxygen atoms in total. The maximum atomic E-state index is 12.8. The van der Waals surface area contributed by atoms with Crippen molar-refractivity contribution < 1.29 is 9.50 Å². The lowest BCUT2D eigenvalue weighted by molar-refractivity contribution is 0.222. The highest BCUT2D eigenvalue weighted by molar-refractivity contribution is 5.80. The molecule has 0 aliphatic rings. The molecule has 1 aromatic carbocycles. The van der Waals surface area contributed by atoms with Crippen molar-refractivity contribution in [2.75, 3.05) is 0 Å². The van der Waals surface area contributed by atoms with Gasteiger partial charge in [-0.25, -0.2) is 9.37 Å². The van der Waals surface area contributed by atoms with Gasteiger partial charge in [-0.1, -0.05) is 12.1 Å². The highest BCUT2D eigenvalue weighted by atomic mass is 19.1. The summed E-state index contributed by atoms with van der Waals surface area (Å²) in [7, 11) is 0. The van der Waals surface area contributed by atoms with E-state index in [2.05, 4.69) is 9.97 Å². The normalized spacial score (nSPS) is 12.8. The molecule has 2 N–H and O–H groups in total. The third-order valence-electron chi connectivity index (χ3n) is 2.96. The second kappa shape index (κ2) is 4.23. The Labute approximate surface area is 103 Å². The van der Waals surface area contributed by atoms with Crippen LogP contribution in [0.5, 0.6) is 0 Å². The van der Waals surface area contributed by atoms with Gasteiger partial charge in [0.15, 0.2) is 0 Å². The molecule has 1 atom stereocenters. The van der Waals surface area contributed by atoms with Crippen LogP contribution in [0.4, 0.5) is 4.39 Å². The Morgan fingerprint density at radius 1 is 1.17 bits per heavy atom. The Bertz CT molecular complexity index is 676. The van der Waals surface area contributed by atoms with Crippen LogP contribution in [0.2, 0.25) is 0 Å². The van der Waals surface area contributed by atoms with Crippen LogP contribution in [0.25, 0.3) is 11.0 Å². The molecule has 18 heavy (non-hydrogen) atoms. The molecule has 90 valence electrons. The van der Waals surface area contributed by atoms with E-state index in [1.54, 1.807) is 24.5 Å². The number of pyridine rings is 1. The molecule has 0 aliphatic carbocycles. The minimum Gasteiger partial charge on any atom is -0.384 e. The van der Waals surface area contributed by atoms with Gasteiger partial charge in [0.2, 0.25) is 0 Å². The Morgan fingerprint density at radius 3 is 2.72 bits per heavy atom. The zero-order valence-corrected chi connectivity index (χ0v) is 9.47. The maximum Gasteiger partial charge on any atom is 0.137 e. The molecule has 0 saturated carbocycles. The molecule has 2 heterocycles. The average Bonchev–Trinajstić information content (AvgIpc) is 2.82. The molecule has 0 radical (unpaired) electrons. The number of nitrogens with zero attached hydrogens (tertiary/aromatic N) is 1. The number of benzene rings is 1. The molecule has 0 fully saturated rings. The van der Waals surface area contributed by atoms with E-state index in [1.165, 1.54) is 12.1 Å². The number of rotatable bonds is 2. The van der Waals surface area contributed by atoms with Gasteiger partial charge in [0.1, 0.15) is 17.6 Å². The molecule has 0 saturated heterocycles. The Balaban J connectivity index is 2.06. The third-order valence-corrected chi connectivity index (χ3v) is 2.96. The number of nitrogens with one attached hydrogen (secondary N) is 1. The second-order valence-corrected chi connectivity index (χ2v) is 4.10. The van der Waals surface area contributed by atoms with E-state index in [9.17, 15) is 9.50 Å². The first-order valence-corrected chi connectivity index (χ1v) is 5.61. The van der Waals surface area contributed by atoms with Crippen molar-refractivity contribution in [3.05, 3.63) is 65.7 Å². The minimum atomic E-state index is -0.788. The van der Waals surface area contributed by atoms with Crippen LogP contribution < -0.4 is 0 Å². The Morgan fingerprint density at radius 2 is 1.94 bits per heavy atom. The molecule has 0 amide bonds. The quantitative estimate of drug-likeness (QED) is 0.726. The summed E-state index contributed by atoms with van der Waals surface area (Å²) in [5, 5.41) is 11.2. The van der Waals surface area contributed by atoms with Gasteiger partial charge in [-0.15, -0.1) is 0 Å². The Kier molecular flexibility index (Phi) is 2.57. The van der Waals surface area contributed by atoms with Crippen molar-refractivity contribution in [1.29, 1.82) is 0 Å². The van der Waals surface area contributed by atoms with Crippen LogP contribution in [0, 0.1) is 5.82 Å². The van der Waals surface area contributed by atoms with Crippen molar-refractivity contribution in [3.63, 3.8) is 0 Å². The van der Waals surface area contributed by atoms with E-state index >= 15 is 0 Å². The number of aromatic amines is 1. The van der Waals surface area contributed by atoms with Gasteiger partial charge < -0.3 is 10.1 Å². The van der Waals surface area contributed by atoms with Gasteiger partial charge in [0.25, 0.3) is 0 Å². The summed E-state index contributed by atoms with van der Waals surface area (Å²) >= 11 is 0. The van der Waals surface area contributed by atoms with E-state index in [1.807, 2.05) is 12.1 Å². The van der Waals surface area contributed by atoms with Crippen LogP contribution in [0.15, 0.2) is 48.8 Å². The number of hydrogen-bond donors (Lipinski definition) is 2. The number of aliphatic hydroxyl groups is 1. The van der Waals surface area contributed by atoms with Crippen LogP contribution in [-0.4, -0.2) is 15.1 Å². The smallest absolute Gasteiger partial charge is 0.137 e. The number of aromatic nitrogens is 2. The van der Waals surface area contributed by atoms with Crippen molar-refractivity contribution in [3.8, 4) is 0 Å². The highest BCUT2D eigenvalue weighted by Gasteiger charge is 2.15. The molecule has 1 unspecified atom stereocenters. The van der Waals surface area contributed by atoms with Crippen LogP contribution in [-0.2, 0) is 0 Å². The molecule has 2 aromatic heterocycles. The Hall–Kier alpha value is -2.20. The van der Waals surface area contributed by atoms with Gasteiger partial charge >= 0.3 is 0 Å². The fourth-order valence-corrected chi connectivity index (χ4v) is 2.03. The maximum absolute atomic E-state index is 12.8. The lowest BCUT2D eigenvalue weighted by Crippen LogP contribution is -1.98. The number of fused-ring (bicyclic) bond motifs is 1. The van der Waals surface area contributed by atoms with Gasteiger partial charge in [-0.2, -0.15) is 0 Å². The molecular weight excluding hydrogens is 231 g/mol. The summed E-state index contributed by atoms with van der Waals surface area (Å²) in [6.07, 6.45) is 2.63.